The molecular formula is C26H28N2O6. The summed E-state index contributed by atoms with van der Waals surface area (Å²) in [4.78, 5) is 38.3. The Kier molecular flexibility index (Phi) is 6.98. The van der Waals surface area contributed by atoms with Crippen LogP contribution in [-0.4, -0.2) is 64.9 Å². The first-order valence-corrected chi connectivity index (χ1v) is 11.3. The molecule has 3 unspecified atom stereocenters. The molecule has 0 aromatic heterocycles. The predicted octanol–water partition coefficient (Wildman–Crippen LogP) is 2.76. The Labute approximate surface area is 197 Å². The zero-order valence-corrected chi connectivity index (χ0v) is 18.7. The molecule has 2 aromatic carbocycles. The van der Waals surface area contributed by atoms with Crippen LogP contribution in [0.15, 0.2) is 61.2 Å². The Hall–Kier alpha value is -3.65. The zero-order valence-electron chi connectivity index (χ0n) is 18.7. The van der Waals surface area contributed by atoms with E-state index in [9.17, 15) is 24.6 Å². The molecule has 1 aliphatic carbocycles. The van der Waals surface area contributed by atoms with Gasteiger partial charge in [0.2, 0.25) is 5.91 Å². The first-order valence-electron chi connectivity index (χ1n) is 11.3. The smallest absolute Gasteiger partial charge is 0.407 e. The monoisotopic (exact) mass is 464 g/mol. The lowest BCUT2D eigenvalue weighted by molar-refractivity contribution is -0.149. The fraction of sp³-hybridized carbons (Fsp3) is 0.346. The average Bonchev–Trinajstić information content (AvgIpc) is 3.15. The van der Waals surface area contributed by atoms with Crippen LogP contribution < -0.4 is 5.32 Å². The molecule has 2 aliphatic rings. The van der Waals surface area contributed by atoms with Crippen molar-refractivity contribution in [3.8, 4) is 11.1 Å². The second kappa shape index (κ2) is 10.1. The molecule has 178 valence electrons. The third kappa shape index (κ3) is 4.82. The summed E-state index contributed by atoms with van der Waals surface area (Å²) in [6.45, 7) is 3.75. The van der Waals surface area contributed by atoms with Gasteiger partial charge in [0.05, 0.1) is 12.0 Å². The van der Waals surface area contributed by atoms with E-state index in [1.165, 1.54) is 11.0 Å². The molecule has 34 heavy (non-hydrogen) atoms. The molecule has 3 atom stereocenters. The van der Waals surface area contributed by atoms with Crippen LogP contribution in [0.4, 0.5) is 4.79 Å². The van der Waals surface area contributed by atoms with Crippen molar-refractivity contribution < 1.29 is 29.3 Å². The van der Waals surface area contributed by atoms with Crippen molar-refractivity contribution in [3.05, 3.63) is 72.3 Å². The number of ether oxygens (including phenoxy) is 1. The van der Waals surface area contributed by atoms with Gasteiger partial charge in [-0.15, -0.1) is 6.58 Å². The van der Waals surface area contributed by atoms with Gasteiger partial charge in [-0.25, -0.2) is 4.79 Å². The van der Waals surface area contributed by atoms with Gasteiger partial charge in [-0.1, -0.05) is 54.6 Å². The number of carboxylic acid groups (broad SMARTS) is 1. The van der Waals surface area contributed by atoms with Crippen LogP contribution in [0.25, 0.3) is 11.1 Å². The van der Waals surface area contributed by atoms with Gasteiger partial charge in [-0.2, -0.15) is 0 Å². The third-order valence-electron chi connectivity index (χ3n) is 6.43. The summed E-state index contributed by atoms with van der Waals surface area (Å²) in [5.74, 6) is -2.51. The first-order chi connectivity index (χ1) is 16.4. The highest BCUT2D eigenvalue weighted by Gasteiger charge is 2.36. The maximum absolute atomic E-state index is 13.0. The number of carboxylic acids is 1. The molecule has 1 fully saturated rings. The van der Waals surface area contributed by atoms with Crippen LogP contribution in [0.1, 0.15) is 29.9 Å². The van der Waals surface area contributed by atoms with Crippen molar-refractivity contribution in [1.82, 2.24) is 10.2 Å². The highest BCUT2D eigenvalue weighted by molar-refractivity contribution is 5.86. The third-order valence-corrected chi connectivity index (χ3v) is 6.43. The number of carbonyl (C=O) groups is 3. The van der Waals surface area contributed by atoms with Crippen molar-refractivity contribution in [2.75, 3.05) is 19.7 Å². The van der Waals surface area contributed by atoms with Gasteiger partial charge in [-0.3, -0.25) is 9.59 Å². The van der Waals surface area contributed by atoms with Crippen molar-refractivity contribution in [2.24, 2.45) is 5.92 Å². The topological polar surface area (TPSA) is 116 Å². The highest BCUT2D eigenvalue weighted by atomic mass is 16.5. The van der Waals surface area contributed by atoms with E-state index in [1.54, 1.807) is 0 Å². The van der Waals surface area contributed by atoms with Gasteiger partial charge >= 0.3 is 12.1 Å². The second-order valence-electron chi connectivity index (χ2n) is 8.71. The van der Waals surface area contributed by atoms with Gasteiger partial charge < -0.3 is 25.2 Å². The molecule has 2 amide bonds. The average molecular weight is 465 g/mol. The summed E-state index contributed by atoms with van der Waals surface area (Å²) in [7, 11) is 0. The quantitative estimate of drug-likeness (QED) is 0.543. The maximum Gasteiger partial charge on any atom is 0.407 e. The van der Waals surface area contributed by atoms with Crippen molar-refractivity contribution in [3.63, 3.8) is 0 Å². The second-order valence-corrected chi connectivity index (χ2v) is 8.71. The molecule has 1 heterocycles. The molecular weight excluding hydrogens is 436 g/mol. The summed E-state index contributed by atoms with van der Waals surface area (Å²) in [5, 5.41) is 21.9. The summed E-state index contributed by atoms with van der Waals surface area (Å²) in [6.07, 6.45) is 0.0618. The Morgan fingerprint density at radius 1 is 1.09 bits per heavy atom. The molecule has 8 nitrogen and oxygen atoms in total. The Morgan fingerprint density at radius 2 is 1.71 bits per heavy atom. The molecule has 0 radical (unpaired) electrons. The van der Waals surface area contributed by atoms with E-state index in [1.807, 2.05) is 48.5 Å². The summed E-state index contributed by atoms with van der Waals surface area (Å²) >= 11 is 0. The van der Waals surface area contributed by atoms with E-state index in [4.69, 9.17) is 4.74 Å². The number of hydrogen-bond donors (Lipinski definition) is 3. The highest BCUT2D eigenvalue weighted by Crippen LogP contribution is 2.44. The molecule has 4 rings (SSSR count). The first kappa shape index (κ1) is 23.5. The molecule has 8 heteroatoms. The molecule has 1 saturated heterocycles. The summed E-state index contributed by atoms with van der Waals surface area (Å²) in [6, 6.07) is 15.0. The Morgan fingerprint density at radius 3 is 2.29 bits per heavy atom. The number of benzene rings is 2. The fourth-order valence-electron chi connectivity index (χ4n) is 4.82. The number of fused-ring (bicyclic) bond motifs is 3. The number of hydrogen-bond acceptors (Lipinski definition) is 5. The van der Waals surface area contributed by atoms with E-state index in [2.05, 4.69) is 11.9 Å². The van der Waals surface area contributed by atoms with Crippen LogP contribution in [0.5, 0.6) is 0 Å². The summed E-state index contributed by atoms with van der Waals surface area (Å²) < 4.78 is 5.54. The van der Waals surface area contributed by atoms with Crippen LogP contribution >= 0.6 is 0 Å². The van der Waals surface area contributed by atoms with Crippen LogP contribution in [0.3, 0.4) is 0 Å². The minimum absolute atomic E-state index is 0.0165. The number of alkyl carbamates (subject to hydrolysis) is 1. The van der Waals surface area contributed by atoms with Crippen molar-refractivity contribution in [2.45, 2.75) is 30.9 Å². The number of aliphatic hydroxyl groups excluding tert-OH is 1. The predicted molar refractivity (Wildman–Crippen MR) is 125 cm³/mol. The number of aliphatic hydroxyl groups is 1. The SMILES string of the molecule is C=CCC(NC(=O)OCC1c2ccccc2-c2ccccc21)C(=O)N1CC(O)CC(C(=O)O)C1. The molecule has 2 aromatic rings. The maximum atomic E-state index is 13.0. The van der Waals surface area contributed by atoms with E-state index in [-0.39, 0.29) is 38.5 Å². The normalized spacial score (nSPS) is 20.1. The van der Waals surface area contributed by atoms with E-state index in [0.29, 0.717) is 0 Å². The minimum atomic E-state index is -1.07. The lowest BCUT2D eigenvalue weighted by Crippen LogP contribution is -2.55. The largest absolute Gasteiger partial charge is 0.481 e. The van der Waals surface area contributed by atoms with Gasteiger partial charge in [-0.05, 0) is 35.1 Å². The lowest BCUT2D eigenvalue weighted by Gasteiger charge is -2.35. The number of aliphatic carboxylic acids is 1. The van der Waals surface area contributed by atoms with Crippen molar-refractivity contribution in [1.29, 1.82) is 0 Å². The van der Waals surface area contributed by atoms with E-state index in [0.717, 1.165) is 22.3 Å². The number of likely N-dealkylation sites (tertiary alicyclic amines) is 1. The Bertz CT molecular complexity index is 1050. The molecule has 3 N–H and O–H groups in total. The number of rotatable bonds is 7. The molecule has 0 saturated carbocycles. The van der Waals surface area contributed by atoms with Crippen molar-refractivity contribution >= 4 is 18.0 Å². The summed E-state index contributed by atoms with van der Waals surface area (Å²) in [5.41, 5.74) is 4.39. The van der Waals surface area contributed by atoms with Crippen LogP contribution in [0, 0.1) is 5.92 Å². The van der Waals surface area contributed by atoms with Gasteiger partial charge in [0.1, 0.15) is 12.6 Å². The Balaban J connectivity index is 1.41. The number of nitrogens with zero attached hydrogens (tertiary/aromatic N) is 1. The van der Waals surface area contributed by atoms with Gasteiger partial charge in [0.15, 0.2) is 0 Å². The zero-order chi connectivity index (χ0) is 24.2. The van der Waals surface area contributed by atoms with E-state index >= 15 is 0 Å². The minimum Gasteiger partial charge on any atom is -0.481 e. The van der Waals surface area contributed by atoms with Gasteiger partial charge in [0.25, 0.3) is 0 Å². The number of nitrogens with one attached hydrogen (secondary N) is 1. The van der Waals surface area contributed by atoms with Crippen LogP contribution in [-0.2, 0) is 14.3 Å². The molecule has 0 spiro atoms. The standard InChI is InChI=1S/C26H28N2O6/c1-2-7-23(24(30)28-13-16(25(31)32)12-17(29)14-28)27-26(33)34-15-22-20-10-5-3-8-18(20)19-9-4-6-11-21(19)22/h2-6,8-11,16-17,22-23,29H,1,7,12-15H2,(H,27,33)(H,31,32). The fourth-order valence-corrected chi connectivity index (χ4v) is 4.82. The number of amides is 2. The number of carbonyl (C=O) groups excluding carboxylic acids is 2. The molecule has 1 aliphatic heterocycles. The van der Waals surface area contributed by atoms with Crippen LogP contribution in [0.2, 0.25) is 0 Å². The molecule has 0 bridgehead atoms. The lowest BCUT2D eigenvalue weighted by atomic mass is 9.95. The van der Waals surface area contributed by atoms with Gasteiger partial charge in [0, 0.05) is 19.0 Å². The number of piperidine rings is 1. The van der Waals surface area contributed by atoms with E-state index < -0.39 is 36.0 Å². The number of β-amino-alcohol motifs (C(OH)–C–C–N with tert-alkyl or cyclic N) is 1.